The van der Waals surface area contributed by atoms with Crippen LogP contribution in [0.1, 0.15) is 34.1 Å². The summed E-state index contributed by atoms with van der Waals surface area (Å²) in [5.74, 6) is 0. The van der Waals surface area contributed by atoms with Gasteiger partial charge in [0.1, 0.15) is 0 Å². The van der Waals surface area contributed by atoms with Gasteiger partial charge in [-0.3, -0.25) is 0 Å². The maximum Gasteiger partial charge on any atom is 0.491 e. The summed E-state index contributed by atoms with van der Waals surface area (Å²) in [5, 5.41) is -0.991. The zero-order valence-corrected chi connectivity index (χ0v) is 11.8. The lowest BCUT2D eigenvalue weighted by Crippen LogP contribution is -2.66. The summed E-state index contributed by atoms with van der Waals surface area (Å²) >= 11 is 6.37. The maximum absolute atomic E-state index is 6.37. The van der Waals surface area contributed by atoms with Crippen molar-refractivity contribution in [1.29, 1.82) is 0 Å². The highest BCUT2D eigenvalue weighted by molar-refractivity contribution is 7.14. The van der Waals surface area contributed by atoms with Crippen molar-refractivity contribution >= 4 is 18.9 Å². The van der Waals surface area contributed by atoms with Crippen LogP contribution in [0.15, 0.2) is 0 Å². The molecule has 1 atom stereocenters. The second kappa shape index (κ2) is 6.83. The smallest absolute Gasteiger partial charge is 0.381 e. The fourth-order valence-corrected chi connectivity index (χ4v) is 4.59. The van der Waals surface area contributed by atoms with Gasteiger partial charge in [0.15, 0.2) is 5.35 Å². The number of ether oxygens (including phenoxy) is 1. The Morgan fingerprint density at radius 2 is 1.53 bits per heavy atom. The zero-order valence-electron chi connectivity index (χ0n) is 10.0. The van der Waals surface area contributed by atoms with Crippen LogP contribution in [0.2, 0.25) is 0 Å². The highest BCUT2D eigenvalue weighted by Gasteiger charge is 2.55. The molecule has 0 amide bonds. The van der Waals surface area contributed by atoms with Gasteiger partial charge in [0.25, 0.3) is 0 Å². The molecule has 0 rings (SSSR count). The first-order valence-corrected chi connectivity index (χ1v) is 8.22. The molecular weight excluding hydrogens is 234 g/mol. The van der Waals surface area contributed by atoms with E-state index in [2.05, 4.69) is 0 Å². The monoisotopic (exact) mass is 255 g/mol. The van der Waals surface area contributed by atoms with Crippen LogP contribution in [-0.4, -0.2) is 33.0 Å². The van der Waals surface area contributed by atoms with E-state index in [9.17, 15) is 0 Å². The van der Waals surface area contributed by atoms with Crippen molar-refractivity contribution in [1.82, 2.24) is 0 Å². The molecule has 0 bridgehead atoms. The average molecular weight is 256 g/mol. The van der Waals surface area contributed by atoms with Crippen molar-refractivity contribution in [2.24, 2.45) is 5.73 Å². The van der Waals surface area contributed by atoms with Gasteiger partial charge < -0.3 is 19.3 Å². The molecular formula is C9H22ClNO3Si. The molecule has 0 aromatic heterocycles. The summed E-state index contributed by atoms with van der Waals surface area (Å²) in [6.45, 7) is 8.96. The van der Waals surface area contributed by atoms with E-state index in [0.717, 1.165) is 0 Å². The van der Waals surface area contributed by atoms with Crippen LogP contribution in [0.3, 0.4) is 0 Å². The van der Waals surface area contributed by atoms with Crippen molar-refractivity contribution in [3.05, 3.63) is 0 Å². The van der Waals surface area contributed by atoms with Gasteiger partial charge >= 0.3 is 7.87 Å². The number of nitrogens with two attached hydrogens (primary N) is 1. The quantitative estimate of drug-likeness (QED) is 0.409. The predicted octanol–water partition coefficient (Wildman–Crippen LogP) is 1.88. The third-order valence-electron chi connectivity index (χ3n) is 2.09. The van der Waals surface area contributed by atoms with E-state index in [0.29, 0.717) is 26.2 Å². The standard InChI is InChI=1S/C9H22ClNO3Si/c1-5-9(11,12-6-2)15(10,13-7-3)14-8-4/h5-8,11H2,1-4H3. The fraction of sp³-hybridized carbons (Fsp3) is 1.00. The molecule has 1 unspecified atom stereocenters. The third-order valence-corrected chi connectivity index (χ3v) is 6.54. The summed E-state index contributed by atoms with van der Waals surface area (Å²) in [4.78, 5) is 0. The molecule has 0 saturated carbocycles. The Bertz CT molecular complexity index is 179. The Morgan fingerprint density at radius 3 is 1.80 bits per heavy atom. The second-order valence-corrected chi connectivity index (χ2v) is 7.07. The lowest BCUT2D eigenvalue weighted by Gasteiger charge is -2.38. The topological polar surface area (TPSA) is 53.7 Å². The number of rotatable bonds is 8. The van der Waals surface area contributed by atoms with Crippen molar-refractivity contribution < 1.29 is 13.6 Å². The third kappa shape index (κ3) is 3.69. The summed E-state index contributed by atoms with van der Waals surface area (Å²) in [6.07, 6.45) is 0.566. The van der Waals surface area contributed by atoms with Crippen LogP contribution in [0.5, 0.6) is 0 Å². The van der Waals surface area contributed by atoms with Crippen LogP contribution < -0.4 is 5.73 Å². The van der Waals surface area contributed by atoms with Gasteiger partial charge in [0, 0.05) is 19.8 Å². The minimum absolute atomic E-state index is 0.474. The summed E-state index contributed by atoms with van der Waals surface area (Å²) < 4.78 is 16.5. The number of halogens is 1. The van der Waals surface area contributed by atoms with Gasteiger partial charge in [-0.05, 0) is 27.2 Å². The minimum atomic E-state index is -3.00. The lowest BCUT2D eigenvalue weighted by molar-refractivity contribution is -0.0175. The molecule has 0 fully saturated rings. The molecule has 4 nitrogen and oxygen atoms in total. The van der Waals surface area contributed by atoms with Crippen LogP contribution in [0.25, 0.3) is 0 Å². The van der Waals surface area contributed by atoms with E-state index >= 15 is 0 Å². The molecule has 0 aliphatic carbocycles. The molecule has 92 valence electrons. The van der Waals surface area contributed by atoms with Gasteiger partial charge in [0.2, 0.25) is 0 Å². The van der Waals surface area contributed by atoms with Crippen LogP contribution >= 0.6 is 11.1 Å². The van der Waals surface area contributed by atoms with Crippen LogP contribution in [0, 0.1) is 0 Å². The van der Waals surface area contributed by atoms with E-state index in [1.54, 1.807) is 0 Å². The Hall–Kier alpha value is 0.347. The van der Waals surface area contributed by atoms with Crippen molar-refractivity contribution in [2.75, 3.05) is 19.8 Å². The van der Waals surface area contributed by atoms with Gasteiger partial charge in [0.05, 0.1) is 0 Å². The van der Waals surface area contributed by atoms with Gasteiger partial charge in [-0.25, -0.2) is 0 Å². The highest BCUT2D eigenvalue weighted by Crippen LogP contribution is 2.29. The van der Waals surface area contributed by atoms with E-state index < -0.39 is 13.2 Å². The normalized spacial score (nSPS) is 16.4. The van der Waals surface area contributed by atoms with Gasteiger partial charge in [-0.15, -0.1) is 0 Å². The Kier molecular flexibility index (Phi) is 6.99. The molecule has 2 N–H and O–H groups in total. The fourth-order valence-electron chi connectivity index (χ4n) is 1.31. The number of hydrogen-bond donors (Lipinski definition) is 1. The highest BCUT2D eigenvalue weighted by atomic mass is 35.6. The number of hydrogen-bond acceptors (Lipinski definition) is 4. The first-order chi connectivity index (χ1) is 6.99. The largest absolute Gasteiger partial charge is 0.491 e. The Morgan fingerprint density at radius 1 is 1.07 bits per heavy atom. The average Bonchev–Trinajstić information content (AvgIpc) is 2.18. The molecule has 0 aromatic rings. The van der Waals surface area contributed by atoms with Crippen LogP contribution in [0.4, 0.5) is 0 Å². The predicted molar refractivity (Wildman–Crippen MR) is 63.7 cm³/mol. The van der Waals surface area contributed by atoms with Crippen LogP contribution in [-0.2, 0) is 13.6 Å². The van der Waals surface area contributed by atoms with Crippen molar-refractivity contribution in [2.45, 2.75) is 39.5 Å². The first kappa shape index (κ1) is 15.3. The van der Waals surface area contributed by atoms with E-state index in [4.69, 9.17) is 30.4 Å². The first-order valence-electron chi connectivity index (χ1n) is 5.39. The maximum atomic E-state index is 6.37. The Balaban J connectivity index is 4.81. The van der Waals surface area contributed by atoms with E-state index in [-0.39, 0.29) is 0 Å². The molecule has 0 spiro atoms. The van der Waals surface area contributed by atoms with Gasteiger partial charge in [-0.1, -0.05) is 18.0 Å². The molecule has 0 saturated heterocycles. The molecule has 0 aliphatic heterocycles. The lowest BCUT2D eigenvalue weighted by atomic mass is 10.4. The summed E-state index contributed by atoms with van der Waals surface area (Å²) in [5.41, 5.74) is 6.12. The Labute approximate surface area is 98.0 Å². The molecule has 0 heterocycles. The van der Waals surface area contributed by atoms with Crippen molar-refractivity contribution in [3.63, 3.8) is 0 Å². The van der Waals surface area contributed by atoms with E-state index in [1.165, 1.54) is 0 Å². The SMILES string of the molecule is CCOC(N)(CC)[Si](Cl)(OCC)OCC. The molecule has 15 heavy (non-hydrogen) atoms. The molecule has 0 aromatic carbocycles. The van der Waals surface area contributed by atoms with Crippen molar-refractivity contribution in [3.8, 4) is 0 Å². The summed E-state index contributed by atoms with van der Waals surface area (Å²) in [7, 11) is -3.00. The molecule has 0 radical (unpaired) electrons. The molecule has 0 aliphatic rings. The molecule has 6 heteroatoms. The zero-order chi connectivity index (χ0) is 11.9. The van der Waals surface area contributed by atoms with E-state index in [1.807, 2.05) is 27.7 Å². The summed E-state index contributed by atoms with van der Waals surface area (Å²) in [6, 6.07) is 0. The second-order valence-electron chi connectivity index (χ2n) is 3.08. The minimum Gasteiger partial charge on any atom is -0.381 e. The van der Waals surface area contributed by atoms with Gasteiger partial charge in [-0.2, -0.15) is 0 Å².